The normalized spacial score (nSPS) is 13.1. The van der Waals surface area contributed by atoms with Crippen molar-refractivity contribution in [2.24, 2.45) is 0 Å². The monoisotopic (exact) mass is 432 g/mol. The molecule has 0 radical (unpaired) electrons. The molecule has 1 atom stereocenters. The van der Waals surface area contributed by atoms with Crippen LogP contribution in [-0.4, -0.2) is 0 Å². The molecule has 80 valence electrons. The Morgan fingerprint density at radius 3 is 2.53 bits per heavy atom. The SMILES string of the molecule is Fc1ccsc1C(Br)c1cc(Br)c(Br)s1. The fraction of sp³-hybridized carbons (Fsp3) is 0.111. The Morgan fingerprint density at radius 2 is 2.07 bits per heavy atom. The van der Waals surface area contributed by atoms with Crippen molar-refractivity contribution in [3.63, 3.8) is 0 Å². The van der Waals surface area contributed by atoms with Crippen LogP contribution in [0.5, 0.6) is 0 Å². The van der Waals surface area contributed by atoms with Gasteiger partial charge in [0.1, 0.15) is 5.82 Å². The highest BCUT2D eigenvalue weighted by molar-refractivity contribution is 9.13. The van der Waals surface area contributed by atoms with Crippen LogP contribution in [0.4, 0.5) is 4.39 Å². The first kappa shape index (κ1) is 12.2. The third-order valence-corrected chi connectivity index (χ3v) is 7.62. The summed E-state index contributed by atoms with van der Waals surface area (Å²) in [6.07, 6.45) is 0. The molecule has 0 aliphatic carbocycles. The Hall–Kier alpha value is 0.770. The average Bonchev–Trinajstić information content (AvgIpc) is 2.74. The van der Waals surface area contributed by atoms with Crippen LogP contribution in [0.15, 0.2) is 25.8 Å². The molecule has 0 aromatic carbocycles. The molecular formula is C9H4Br3FS2. The molecular weight excluding hydrogens is 431 g/mol. The molecule has 0 amide bonds. The maximum atomic E-state index is 13.4. The summed E-state index contributed by atoms with van der Waals surface area (Å²) < 4.78 is 15.4. The standard InChI is InChI=1S/C9H4Br3FS2/c10-4-3-6(15-9(4)12)7(11)8-5(13)1-2-14-8/h1-3,7H. The molecule has 0 fully saturated rings. The number of rotatable bonds is 2. The van der Waals surface area contributed by atoms with Gasteiger partial charge < -0.3 is 0 Å². The summed E-state index contributed by atoms with van der Waals surface area (Å²) in [7, 11) is 0. The zero-order valence-electron chi connectivity index (χ0n) is 7.14. The van der Waals surface area contributed by atoms with Gasteiger partial charge in [-0.15, -0.1) is 22.7 Å². The topological polar surface area (TPSA) is 0 Å². The lowest BCUT2D eigenvalue weighted by molar-refractivity contribution is 0.622. The molecule has 6 heteroatoms. The summed E-state index contributed by atoms with van der Waals surface area (Å²) in [6, 6.07) is 3.49. The van der Waals surface area contributed by atoms with Gasteiger partial charge in [-0.1, -0.05) is 15.9 Å². The van der Waals surface area contributed by atoms with E-state index < -0.39 is 0 Å². The highest BCUT2D eigenvalue weighted by Gasteiger charge is 2.19. The second-order valence-electron chi connectivity index (χ2n) is 2.77. The molecule has 2 aromatic rings. The third kappa shape index (κ3) is 2.54. The van der Waals surface area contributed by atoms with Gasteiger partial charge in [-0.2, -0.15) is 0 Å². The largest absolute Gasteiger partial charge is 0.206 e. The van der Waals surface area contributed by atoms with Gasteiger partial charge in [-0.05, 0) is 49.4 Å². The molecule has 0 saturated carbocycles. The molecule has 2 heterocycles. The fourth-order valence-electron chi connectivity index (χ4n) is 1.10. The van der Waals surface area contributed by atoms with E-state index in [2.05, 4.69) is 47.8 Å². The van der Waals surface area contributed by atoms with E-state index in [-0.39, 0.29) is 10.6 Å². The van der Waals surface area contributed by atoms with E-state index in [1.807, 2.05) is 6.07 Å². The zero-order chi connectivity index (χ0) is 11.0. The summed E-state index contributed by atoms with van der Waals surface area (Å²) in [6.45, 7) is 0. The van der Waals surface area contributed by atoms with Crippen LogP contribution in [0.1, 0.15) is 14.6 Å². The molecule has 0 aliphatic rings. The van der Waals surface area contributed by atoms with Gasteiger partial charge in [0, 0.05) is 9.35 Å². The van der Waals surface area contributed by atoms with Crippen molar-refractivity contribution in [1.29, 1.82) is 0 Å². The zero-order valence-corrected chi connectivity index (χ0v) is 13.5. The van der Waals surface area contributed by atoms with Gasteiger partial charge in [0.15, 0.2) is 0 Å². The second kappa shape index (κ2) is 4.96. The van der Waals surface area contributed by atoms with Crippen LogP contribution in [-0.2, 0) is 0 Å². The summed E-state index contributed by atoms with van der Waals surface area (Å²) in [5.74, 6) is -0.150. The molecule has 0 nitrogen and oxygen atoms in total. The minimum absolute atomic E-state index is 0.0647. The van der Waals surface area contributed by atoms with Crippen LogP contribution >= 0.6 is 70.5 Å². The van der Waals surface area contributed by atoms with Gasteiger partial charge in [0.25, 0.3) is 0 Å². The van der Waals surface area contributed by atoms with Crippen LogP contribution in [0.3, 0.4) is 0 Å². The molecule has 0 aliphatic heterocycles. The Balaban J connectivity index is 2.36. The van der Waals surface area contributed by atoms with Gasteiger partial charge in [0.2, 0.25) is 0 Å². The Kier molecular flexibility index (Phi) is 4.04. The first-order valence-electron chi connectivity index (χ1n) is 3.91. The number of hydrogen-bond acceptors (Lipinski definition) is 2. The molecule has 0 N–H and O–H groups in total. The number of hydrogen-bond donors (Lipinski definition) is 0. The van der Waals surface area contributed by atoms with Crippen molar-refractivity contribution in [2.45, 2.75) is 4.83 Å². The Bertz CT molecular complexity index is 458. The van der Waals surface area contributed by atoms with E-state index in [0.717, 1.165) is 18.0 Å². The van der Waals surface area contributed by atoms with E-state index in [9.17, 15) is 4.39 Å². The van der Waals surface area contributed by atoms with Gasteiger partial charge in [-0.3, -0.25) is 0 Å². The predicted octanol–water partition coefficient (Wildman–Crippen LogP) is 5.96. The minimum Gasteiger partial charge on any atom is -0.206 e. The lowest BCUT2D eigenvalue weighted by Gasteiger charge is -2.04. The van der Waals surface area contributed by atoms with E-state index in [1.165, 1.54) is 17.4 Å². The third-order valence-electron chi connectivity index (χ3n) is 1.79. The molecule has 2 rings (SSSR count). The average molecular weight is 435 g/mol. The minimum atomic E-state index is -0.150. The number of alkyl halides is 1. The summed E-state index contributed by atoms with van der Waals surface area (Å²) in [5.41, 5.74) is 0. The van der Waals surface area contributed by atoms with Gasteiger partial charge in [0.05, 0.1) is 13.5 Å². The lowest BCUT2D eigenvalue weighted by Crippen LogP contribution is -1.87. The summed E-state index contributed by atoms with van der Waals surface area (Å²) in [5, 5.41) is 1.76. The smallest absolute Gasteiger partial charge is 0.138 e. The van der Waals surface area contributed by atoms with Crippen molar-refractivity contribution in [3.8, 4) is 0 Å². The van der Waals surface area contributed by atoms with Crippen molar-refractivity contribution < 1.29 is 4.39 Å². The number of halogens is 4. The van der Waals surface area contributed by atoms with Gasteiger partial charge >= 0.3 is 0 Å². The van der Waals surface area contributed by atoms with Crippen LogP contribution in [0.2, 0.25) is 0 Å². The van der Waals surface area contributed by atoms with E-state index in [4.69, 9.17) is 0 Å². The highest BCUT2D eigenvalue weighted by atomic mass is 79.9. The van der Waals surface area contributed by atoms with Crippen LogP contribution in [0.25, 0.3) is 0 Å². The summed E-state index contributed by atoms with van der Waals surface area (Å²) in [4.78, 5) is 1.73. The quantitative estimate of drug-likeness (QED) is 0.512. The summed E-state index contributed by atoms with van der Waals surface area (Å²) >= 11 is 13.4. The molecule has 0 spiro atoms. The van der Waals surface area contributed by atoms with Crippen LogP contribution < -0.4 is 0 Å². The molecule has 1 unspecified atom stereocenters. The number of thiophene rings is 2. The van der Waals surface area contributed by atoms with E-state index in [0.29, 0.717) is 0 Å². The first-order valence-corrected chi connectivity index (χ1v) is 8.11. The first-order chi connectivity index (χ1) is 7.09. The van der Waals surface area contributed by atoms with E-state index in [1.54, 1.807) is 16.7 Å². The predicted molar refractivity (Wildman–Crippen MR) is 74.8 cm³/mol. The maximum absolute atomic E-state index is 13.4. The van der Waals surface area contributed by atoms with Crippen molar-refractivity contribution in [2.75, 3.05) is 0 Å². The highest BCUT2D eigenvalue weighted by Crippen LogP contribution is 2.43. The lowest BCUT2D eigenvalue weighted by atomic mass is 10.3. The Labute approximate surface area is 120 Å². The fourth-order valence-corrected chi connectivity index (χ4v) is 4.97. The molecule has 15 heavy (non-hydrogen) atoms. The van der Waals surface area contributed by atoms with Crippen molar-refractivity contribution in [3.05, 3.63) is 41.3 Å². The van der Waals surface area contributed by atoms with E-state index >= 15 is 0 Å². The molecule has 0 saturated heterocycles. The molecule has 2 aromatic heterocycles. The van der Waals surface area contributed by atoms with Crippen LogP contribution in [0, 0.1) is 5.82 Å². The maximum Gasteiger partial charge on any atom is 0.138 e. The molecule has 0 bridgehead atoms. The second-order valence-corrected chi connectivity index (χ2v) is 7.89. The Morgan fingerprint density at radius 1 is 1.33 bits per heavy atom. The van der Waals surface area contributed by atoms with Crippen molar-refractivity contribution >= 4 is 70.5 Å². The van der Waals surface area contributed by atoms with Gasteiger partial charge in [-0.25, -0.2) is 4.39 Å². The van der Waals surface area contributed by atoms with Crippen molar-refractivity contribution in [1.82, 2.24) is 0 Å².